The molecule has 5 heteroatoms. The number of benzene rings is 1. The van der Waals surface area contributed by atoms with Gasteiger partial charge in [-0.3, -0.25) is 4.98 Å². The summed E-state index contributed by atoms with van der Waals surface area (Å²) >= 11 is 1.80. The van der Waals surface area contributed by atoms with Crippen molar-refractivity contribution in [2.45, 2.75) is 32.7 Å². The molecule has 2 aromatic heterocycles. The van der Waals surface area contributed by atoms with E-state index in [1.165, 1.54) is 4.88 Å². The van der Waals surface area contributed by atoms with Crippen LogP contribution in [-0.2, 0) is 12.0 Å². The molecule has 136 valence electrons. The average molecular weight is 367 g/mol. The first kappa shape index (κ1) is 18.4. The predicted molar refractivity (Wildman–Crippen MR) is 112 cm³/mol. The Morgan fingerprint density at radius 3 is 2.73 bits per heavy atom. The molecule has 0 spiro atoms. The van der Waals surface area contributed by atoms with Gasteiger partial charge in [-0.25, -0.2) is 4.99 Å². The lowest BCUT2D eigenvalue weighted by atomic mass is 9.91. The highest BCUT2D eigenvalue weighted by Gasteiger charge is 2.21. The zero-order valence-electron chi connectivity index (χ0n) is 15.6. The first-order valence-corrected chi connectivity index (χ1v) is 9.87. The fraction of sp³-hybridized carbons (Fsp3) is 0.333. The van der Waals surface area contributed by atoms with Crippen LogP contribution in [0.1, 0.15) is 31.2 Å². The number of rotatable bonds is 6. The van der Waals surface area contributed by atoms with Crippen LogP contribution >= 0.6 is 11.3 Å². The zero-order chi connectivity index (χ0) is 18.4. The Morgan fingerprint density at radius 1 is 1.12 bits per heavy atom. The molecule has 2 N–H and O–H groups in total. The summed E-state index contributed by atoms with van der Waals surface area (Å²) in [5.41, 5.74) is 2.22. The summed E-state index contributed by atoms with van der Waals surface area (Å²) in [6, 6.07) is 14.6. The quantitative estimate of drug-likeness (QED) is 0.504. The molecule has 3 aromatic rings. The van der Waals surface area contributed by atoms with Gasteiger partial charge in [0.2, 0.25) is 0 Å². The fourth-order valence-electron chi connectivity index (χ4n) is 2.86. The minimum absolute atomic E-state index is 0.0609. The summed E-state index contributed by atoms with van der Waals surface area (Å²) in [6.45, 7) is 8.85. The highest BCUT2D eigenvalue weighted by molar-refractivity contribution is 7.10. The number of para-hydroxylation sites is 1. The number of thiophene rings is 1. The summed E-state index contributed by atoms with van der Waals surface area (Å²) in [6.07, 6.45) is 1.84. The predicted octanol–water partition coefficient (Wildman–Crippen LogP) is 4.33. The van der Waals surface area contributed by atoms with Crippen molar-refractivity contribution in [3.05, 3.63) is 64.5 Å². The summed E-state index contributed by atoms with van der Waals surface area (Å²) in [7, 11) is 0. The van der Waals surface area contributed by atoms with Crippen LogP contribution < -0.4 is 10.6 Å². The number of aromatic nitrogens is 1. The van der Waals surface area contributed by atoms with Crippen LogP contribution in [-0.4, -0.2) is 24.0 Å². The second kappa shape index (κ2) is 8.32. The van der Waals surface area contributed by atoms with Gasteiger partial charge < -0.3 is 10.6 Å². The zero-order valence-corrected chi connectivity index (χ0v) is 16.4. The van der Waals surface area contributed by atoms with E-state index in [1.807, 2.05) is 12.3 Å². The number of hydrogen-bond donors (Lipinski definition) is 2. The Hall–Kier alpha value is -2.40. The first-order valence-electron chi connectivity index (χ1n) is 8.99. The molecule has 1 aromatic carbocycles. The normalized spacial score (nSPS) is 12.3. The lowest BCUT2D eigenvalue weighted by Crippen LogP contribution is -2.43. The molecule has 0 amide bonds. The largest absolute Gasteiger partial charge is 0.357 e. The van der Waals surface area contributed by atoms with Crippen molar-refractivity contribution in [1.29, 1.82) is 0 Å². The Labute approximate surface area is 159 Å². The van der Waals surface area contributed by atoms with E-state index in [-0.39, 0.29) is 5.41 Å². The van der Waals surface area contributed by atoms with Crippen LogP contribution in [0.4, 0.5) is 0 Å². The number of fused-ring (bicyclic) bond motifs is 1. The van der Waals surface area contributed by atoms with E-state index in [9.17, 15) is 0 Å². The standard InChI is InChI=1S/C21H26N4S/c1-4-22-20(25-15-21(2,3)18-11-7-13-26-18)24-14-17-9-5-8-16-10-6-12-23-19(16)17/h5-13H,4,14-15H2,1-3H3,(H2,22,24,25). The number of nitrogens with zero attached hydrogens (tertiary/aromatic N) is 2. The highest BCUT2D eigenvalue weighted by atomic mass is 32.1. The van der Waals surface area contributed by atoms with E-state index in [1.54, 1.807) is 11.3 Å². The molecule has 0 aliphatic carbocycles. The summed E-state index contributed by atoms with van der Waals surface area (Å²) in [5, 5.41) is 10.1. The van der Waals surface area contributed by atoms with Crippen molar-refractivity contribution >= 4 is 28.2 Å². The molecule has 0 saturated heterocycles. The maximum absolute atomic E-state index is 4.78. The molecule has 0 fully saturated rings. The van der Waals surface area contributed by atoms with Gasteiger partial charge in [0, 0.05) is 35.0 Å². The van der Waals surface area contributed by atoms with E-state index < -0.39 is 0 Å². The molecule has 2 heterocycles. The van der Waals surface area contributed by atoms with Crippen LogP contribution in [0, 0.1) is 0 Å². The van der Waals surface area contributed by atoms with Gasteiger partial charge in [0.15, 0.2) is 5.96 Å². The summed E-state index contributed by atoms with van der Waals surface area (Å²) < 4.78 is 0. The van der Waals surface area contributed by atoms with Crippen LogP contribution in [0.2, 0.25) is 0 Å². The lowest BCUT2D eigenvalue weighted by Gasteiger charge is -2.25. The second-order valence-corrected chi connectivity index (χ2v) is 7.85. The van der Waals surface area contributed by atoms with Gasteiger partial charge in [-0.1, -0.05) is 44.2 Å². The number of guanidine groups is 1. The smallest absolute Gasteiger partial charge is 0.191 e. The van der Waals surface area contributed by atoms with E-state index in [0.29, 0.717) is 6.54 Å². The fourth-order valence-corrected chi connectivity index (χ4v) is 3.71. The number of aliphatic imine (C=N–C) groups is 1. The molecule has 3 rings (SSSR count). The maximum Gasteiger partial charge on any atom is 0.191 e. The van der Waals surface area contributed by atoms with Crippen LogP contribution in [0.15, 0.2) is 59.0 Å². The molecule has 26 heavy (non-hydrogen) atoms. The number of nitrogens with one attached hydrogen (secondary N) is 2. The van der Waals surface area contributed by atoms with E-state index in [4.69, 9.17) is 4.99 Å². The van der Waals surface area contributed by atoms with Gasteiger partial charge in [0.25, 0.3) is 0 Å². The monoisotopic (exact) mass is 366 g/mol. The van der Waals surface area contributed by atoms with E-state index in [2.05, 4.69) is 78.2 Å². The SMILES string of the molecule is CCNC(=NCc1cccc2cccnc12)NCC(C)(C)c1cccs1. The minimum Gasteiger partial charge on any atom is -0.357 e. The second-order valence-electron chi connectivity index (χ2n) is 6.90. The Balaban J connectivity index is 1.73. The average Bonchev–Trinajstić information content (AvgIpc) is 3.20. The van der Waals surface area contributed by atoms with Crippen LogP contribution in [0.3, 0.4) is 0 Å². The van der Waals surface area contributed by atoms with Gasteiger partial charge in [0.05, 0.1) is 12.1 Å². The summed E-state index contributed by atoms with van der Waals surface area (Å²) in [5.74, 6) is 0.838. The van der Waals surface area contributed by atoms with Gasteiger partial charge in [-0.2, -0.15) is 0 Å². The van der Waals surface area contributed by atoms with Crippen molar-refractivity contribution in [2.75, 3.05) is 13.1 Å². The Morgan fingerprint density at radius 2 is 1.96 bits per heavy atom. The maximum atomic E-state index is 4.78. The highest BCUT2D eigenvalue weighted by Crippen LogP contribution is 2.26. The van der Waals surface area contributed by atoms with Gasteiger partial charge >= 0.3 is 0 Å². The first-order chi connectivity index (χ1) is 12.6. The molecule has 0 aliphatic heterocycles. The Kier molecular flexibility index (Phi) is 5.89. The molecular formula is C21H26N4S. The van der Waals surface area contributed by atoms with Gasteiger partial charge in [-0.15, -0.1) is 11.3 Å². The number of hydrogen-bond acceptors (Lipinski definition) is 3. The summed E-state index contributed by atoms with van der Waals surface area (Å²) in [4.78, 5) is 10.7. The Bertz CT molecular complexity index is 863. The third-order valence-corrected chi connectivity index (χ3v) is 5.59. The van der Waals surface area contributed by atoms with Crippen molar-refractivity contribution in [3.63, 3.8) is 0 Å². The molecule has 0 radical (unpaired) electrons. The topological polar surface area (TPSA) is 49.3 Å². The molecule has 0 saturated carbocycles. The molecule has 0 unspecified atom stereocenters. The van der Waals surface area contributed by atoms with Crippen molar-refractivity contribution in [3.8, 4) is 0 Å². The van der Waals surface area contributed by atoms with Gasteiger partial charge in [-0.05, 0) is 30.0 Å². The van der Waals surface area contributed by atoms with Crippen molar-refractivity contribution in [1.82, 2.24) is 15.6 Å². The lowest BCUT2D eigenvalue weighted by molar-refractivity contribution is 0.518. The van der Waals surface area contributed by atoms with Crippen LogP contribution in [0.5, 0.6) is 0 Å². The third-order valence-electron chi connectivity index (χ3n) is 4.35. The van der Waals surface area contributed by atoms with Gasteiger partial charge in [0.1, 0.15) is 0 Å². The minimum atomic E-state index is 0.0609. The van der Waals surface area contributed by atoms with E-state index in [0.717, 1.165) is 35.5 Å². The van der Waals surface area contributed by atoms with Crippen LogP contribution in [0.25, 0.3) is 10.9 Å². The van der Waals surface area contributed by atoms with Crippen molar-refractivity contribution < 1.29 is 0 Å². The third kappa shape index (κ3) is 4.41. The molecule has 0 bridgehead atoms. The number of pyridine rings is 1. The molecule has 4 nitrogen and oxygen atoms in total. The van der Waals surface area contributed by atoms with E-state index >= 15 is 0 Å². The van der Waals surface area contributed by atoms with Crippen molar-refractivity contribution in [2.24, 2.45) is 4.99 Å². The molecule has 0 atom stereocenters. The molecule has 0 aliphatic rings. The molecular weight excluding hydrogens is 340 g/mol.